The first-order chi connectivity index (χ1) is 44.6. The van der Waals surface area contributed by atoms with Gasteiger partial charge in [0.1, 0.15) is 19.3 Å². The van der Waals surface area contributed by atoms with Crippen LogP contribution < -0.4 is 0 Å². The Labute approximate surface area is 562 Å². The number of rotatable bonds is 73. The van der Waals surface area contributed by atoms with Gasteiger partial charge in [-0.25, -0.2) is 9.13 Å². The third kappa shape index (κ3) is 65.4. The molecule has 3 unspecified atom stereocenters. The molecule has 3 N–H and O–H groups in total. The number of aliphatic hydroxyl groups is 1. The number of carbonyl (C=O) groups is 4. The summed E-state index contributed by atoms with van der Waals surface area (Å²) in [6.07, 6.45) is 54.6. The van der Waals surface area contributed by atoms with E-state index in [0.717, 1.165) is 102 Å². The normalized spacial score (nSPS) is 14.3. The zero-order chi connectivity index (χ0) is 67.7. The number of esters is 4. The molecule has 0 fully saturated rings. The van der Waals surface area contributed by atoms with Crippen LogP contribution in [0.4, 0.5) is 0 Å². The van der Waals surface area contributed by atoms with Gasteiger partial charge in [-0.2, -0.15) is 0 Å². The summed E-state index contributed by atoms with van der Waals surface area (Å²) in [5, 5.41) is 10.6. The largest absolute Gasteiger partial charge is 0.472 e. The third-order valence-electron chi connectivity index (χ3n) is 17.4. The molecule has 546 valence electrons. The van der Waals surface area contributed by atoms with Gasteiger partial charge in [0.25, 0.3) is 0 Å². The molecule has 0 saturated heterocycles. The van der Waals surface area contributed by atoms with Crippen LogP contribution in [0.15, 0.2) is 0 Å². The maximum Gasteiger partial charge on any atom is 0.472 e. The first-order valence-electron chi connectivity index (χ1n) is 38.2. The predicted octanol–water partition coefficient (Wildman–Crippen LogP) is 21.3. The average molecular weight is 1350 g/mol. The Morgan fingerprint density at radius 2 is 0.522 bits per heavy atom. The van der Waals surface area contributed by atoms with Crippen molar-refractivity contribution in [3.63, 3.8) is 0 Å². The van der Waals surface area contributed by atoms with E-state index in [1.807, 2.05) is 0 Å². The fraction of sp³-hybridized carbons (Fsp3) is 0.945. The Balaban J connectivity index is 5.10. The van der Waals surface area contributed by atoms with Crippen molar-refractivity contribution < 1.29 is 80.2 Å². The lowest BCUT2D eigenvalue weighted by molar-refractivity contribution is -0.161. The van der Waals surface area contributed by atoms with E-state index in [9.17, 15) is 43.2 Å². The van der Waals surface area contributed by atoms with Crippen LogP contribution in [-0.4, -0.2) is 96.7 Å². The molecule has 0 aromatic carbocycles. The number of phosphoric ester groups is 2. The summed E-state index contributed by atoms with van der Waals surface area (Å²) >= 11 is 0. The lowest BCUT2D eigenvalue weighted by atomic mass is 9.99. The number of aliphatic hydroxyl groups excluding tert-OH is 1. The summed E-state index contributed by atoms with van der Waals surface area (Å²) < 4.78 is 68.1. The molecule has 6 atom stereocenters. The predicted molar refractivity (Wildman–Crippen MR) is 372 cm³/mol. The van der Waals surface area contributed by atoms with Crippen molar-refractivity contribution >= 4 is 39.5 Å². The van der Waals surface area contributed by atoms with Crippen LogP contribution >= 0.6 is 15.6 Å². The van der Waals surface area contributed by atoms with Crippen molar-refractivity contribution in [1.82, 2.24) is 0 Å². The van der Waals surface area contributed by atoms with E-state index in [-0.39, 0.29) is 25.7 Å². The van der Waals surface area contributed by atoms with Crippen LogP contribution in [0.2, 0.25) is 0 Å². The number of phosphoric acid groups is 2. The first-order valence-corrected chi connectivity index (χ1v) is 41.2. The molecule has 0 aliphatic carbocycles. The van der Waals surface area contributed by atoms with Gasteiger partial charge in [0.2, 0.25) is 0 Å². The zero-order valence-corrected chi connectivity index (χ0v) is 61.5. The Morgan fingerprint density at radius 1 is 0.304 bits per heavy atom. The number of hydrogen-bond acceptors (Lipinski definition) is 15. The second-order valence-electron chi connectivity index (χ2n) is 26.6. The monoisotopic (exact) mass is 1350 g/mol. The Kier molecular flexibility index (Phi) is 64.9. The molecule has 17 nitrogen and oxygen atoms in total. The van der Waals surface area contributed by atoms with E-state index in [1.165, 1.54) is 199 Å². The van der Waals surface area contributed by atoms with Crippen molar-refractivity contribution in [2.24, 2.45) is 5.92 Å². The van der Waals surface area contributed by atoms with Crippen molar-refractivity contribution in [2.75, 3.05) is 39.6 Å². The molecule has 0 heterocycles. The Morgan fingerprint density at radius 3 is 0.772 bits per heavy atom. The van der Waals surface area contributed by atoms with Gasteiger partial charge in [-0.05, 0) is 31.6 Å². The van der Waals surface area contributed by atoms with Crippen molar-refractivity contribution in [1.29, 1.82) is 0 Å². The van der Waals surface area contributed by atoms with Crippen LogP contribution in [0, 0.1) is 5.92 Å². The van der Waals surface area contributed by atoms with Crippen LogP contribution in [0.3, 0.4) is 0 Å². The second-order valence-corrected chi connectivity index (χ2v) is 29.5. The molecular formula is C73H142O17P2. The van der Waals surface area contributed by atoms with Crippen LogP contribution in [0.1, 0.15) is 381 Å². The van der Waals surface area contributed by atoms with Crippen molar-refractivity contribution in [3.05, 3.63) is 0 Å². The van der Waals surface area contributed by atoms with Gasteiger partial charge in [0.15, 0.2) is 12.2 Å². The maximum atomic E-state index is 13.1. The van der Waals surface area contributed by atoms with Gasteiger partial charge in [0.05, 0.1) is 26.4 Å². The van der Waals surface area contributed by atoms with Gasteiger partial charge in [-0.15, -0.1) is 0 Å². The quantitative estimate of drug-likeness (QED) is 0.0222. The average Bonchev–Trinajstić information content (AvgIpc) is 3.49. The molecule has 0 saturated carbocycles. The van der Waals surface area contributed by atoms with Gasteiger partial charge in [-0.3, -0.25) is 37.3 Å². The van der Waals surface area contributed by atoms with E-state index in [0.29, 0.717) is 25.7 Å². The number of unbranched alkanes of at least 4 members (excludes halogenated alkanes) is 44. The molecule has 0 aromatic heterocycles. The lowest BCUT2D eigenvalue weighted by Gasteiger charge is -2.21. The molecule has 0 aliphatic rings. The minimum absolute atomic E-state index is 0.106. The van der Waals surface area contributed by atoms with E-state index in [1.54, 1.807) is 0 Å². The maximum absolute atomic E-state index is 13.1. The van der Waals surface area contributed by atoms with Gasteiger partial charge >= 0.3 is 39.5 Å². The highest BCUT2D eigenvalue weighted by Gasteiger charge is 2.30. The van der Waals surface area contributed by atoms with Gasteiger partial charge in [0, 0.05) is 25.7 Å². The van der Waals surface area contributed by atoms with Crippen molar-refractivity contribution in [2.45, 2.75) is 400 Å². The minimum atomic E-state index is -4.95. The summed E-state index contributed by atoms with van der Waals surface area (Å²) in [4.78, 5) is 72.3. The number of ether oxygens (including phenoxy) is 4. The first kappa shape index (κ1) is 90.1. The summed E-state index contributed by atoms with van der Waals surface area (Å²) in [5.74, 6) is -1.32. The van der Waals surface area contributed by atoms with Crippen LogP contribution in [0.5, 0.6) is 0 Å². The summed E-state index contributed by atoms with van der Waals surface area (Å²) in [7, 11) is -9.89. The summed E-state index contributed by atoms with van der Waals surface area (Å²) in [6.45, 7) is 7.20. The Hall–Kier alpha value is -1.94. The fourth-order valence-electron chi connectivity index (χ4n) is 11.1. The second kappa shape index (κ2) is 66.3. The summed E-state index contributed by atoms with van der Waals surface area (Å²) in [5.41, 5.74) is 0. The SMILES string of the molecule is CCCCCCCCCCCCCCCCCCCCCCCCC(=O)O[C@H](COC(=O)CCCCCCCCCCCCC(C)CC)COP(=O)(O)OC[C@@H](O)COP(=O)(O)OC[C@@H](COC(=O)CCCCCCC)OC(=O)CCCCCCCCCCCCC. The highest BCUT2D eigenvalue weighted by molar-refractivity contribution is 7.47. The molecule has 0 aliphatic heterocycles. The van der Waals surface area contributed by atoms with Crippen molar-refractivity contribution in [3.8, 4) is 0 Å². The Bertz CT molecular complexity index is 1770. The molecule has 0 rings (SSSR count). The molecule has 0 radical (unpaired) electrons. The zero-order valence-electron chi connectivity index (χ0n) is 59.7. The van der Waals surface area contributed by atoms with Gasteiger partial charge in [-0.1, -0.05) is 330 Å². The van der Waals surface area contributed by atoms with E-state index < -0.39 is 97.5 Å². The van der Waals surface area contributed by atoms with Gasteiger partial charge < -0.3 is 33.8 Å². The molecule has 92 heavy (non-hydrogen) atoms. The molecule has 19 heteroatoms. The number of carbonyl (C=O) groups excluding carboxylic acids is 4. The smallest absolute Gasteiger partial charge is 0.462 e. The third-order valence-corrected chi connectivity index (χ3v) is 19.3. The van der Waals surface area contributed by atoms with Crippen LogP contribution in [0.25, 0.3) is 0 Å². The van der Waals surface area contributed by atoms with Crippen LogP contribution in [-0.2, 0) is 65.4 Å². The number of hydrogen-bond donors (Lipinski definition) is 3. The highest BCUT2D eigenvalue weighted by atomic mass is 31.2. The lowest BCUT2D eigenvalue weighted by Crippen LogP contribution is -2.30. The molecule has 0 amide bonds. The standard InChI is InChI=1S/C73H142O17P2/c1-6-10-13-16-18-20-22-23-24-25-26-27-28-29-30-31-32-34-40-44-49-54-59-73(78)90-69(63-84-71(76)57-52-47-42-38-36-35-37-41-46-50-55-66(5)9-4)65-88-92(81,82)86-61-67(74)60-85-91(79,80)87-64-68(62-83-70(75)56-51-45-15-12-8-3)89-72(77)58-53-48-43-39-33-21-19-17-14-11-7-2/h66-69,74H,6-65H2,1-5H3,(H,79,80)(H,81,82)/t66?,67-,68+,69+/m0/s1. The minimum Gasteiger partial charge on any atom is -0.462 e. The molecule has 0 spiro atoms. The topological polar surface area (TPSA) is 237 Å². The highest BCUT2D eigenvalue weighted by Crippen LogP contribution is 2.45. The molecule has 0 aromatic rings. The molecular weight excluding hydrogens is 1210 g/mol. The van der Waals surface area contributed by atoms with E-state index in [2.05, 4.69) is 34.6 Å². The fourth-order valence-corrected chi connectivity index (χ4v) is 12.7. The van der Waals surface area contributed by atoms with E-state index in [4.69, 9.17) is 37.0 Å². The van der Waals surface area contributed by atoms with E-state index >= 15 is 0 Å². The summed E-state index contributed by atoms with van der Waals surface area (Å²) in [6, 6.07) is 0. The molecule has 0 bridgehead atoms.